The first-order valence-electron chi connectivity index (χ1n) is 7.98. The third-order valence-corrected chi connectivity index (χ3v) is 4.45. The van der Waals surface area contributed by atoms with Gasteiger partial charge in [-0.1, -0.05) is 22.9 Å². The quantitative estimate of drug-likeness (QED) is 0.919. The second-order valence-corrected chi connectivity index (χ2v) is 6.13. The highest BCUT2D eigenvalue weighted by Gasteiger charge is 2.34. The summed E-state index contributed by atoms with van der Waals surface area (Å²) >= 11 is 0. The molecule has 0 bridgehead atoms. The number of benzene rings is 1. The molecule has 1 atom stereocenters. The summed E-state index contributed by atoms with van der Waals surface area (Å²) in [4.78, 5) is 25.1. The van der Waals surface area contributed by atoms with Gasteiger partial charge in [0.05, 0.1) is 23.5 Å². The normalized spacial score (nSPS) is 17.2. The van der Waals surface area contributed by atoms with E-state index in [2.05, 4.69) is 10.3 Å². The van der Waals surface area contributed by atoms with Crippen molar-refractivity contribution in [1.82, 2.24) is 19.9 Å². The van der Waals surface area contributed by atoms with Crippen molar-refractivity contribution in [3.8, 4) is 5.69 Å². The molecule has 2 aromatic rings. The van der Waals surface area contributed by atoms with Crippen LogP contribution in [0.5, 0.6) is 0 Å². The van der Waals surface area contributed by atoms with Crippen LogP contribution in [0.25, 0.3) is 5.69 Å². The highest BCUT2D eigenvalue weighted by Crippen LogP contribution is 2.20. The van der Waals surface area contributed by atoms with E-state index < -0.39 is 12.0 Å². The molecule has 1 aromatic heterocycles. The van der Waals surface area contributed by atoms with Crippen molar-refractivity contribution in [1.29, 1.82) is 0 Å². The third-order valence-electron chi connectivity index (χ3n) is 4.45. The van der Waals surface area contributed by atoms with Crippen LogP contribution in [0.15, 0.2) is 24.3 Å². The van der Waals surface area contributed by atoms with Crippen LogP contribution in [0.1, 0.15) is 29.8 Å². The van der Waals surface area contributed by atoms with Crippen LogP contribution in [0, 0.1) is 13.8 Å². The van der Waals surface area contributed by atoms with E-state index in [4.69, 9.17) is 0 Å². The molecule has 0 saturated carbocycles. The molecule has 1 unspecified atom stereocenters. The predicted molar refractivity (Wildman–Crippen MR) is 86.9 cm³/mol. The van der Waals surface area contributed by atoms with Crippen LogP contribution in [0.2, 0.25) is 0 Å². The van der Waals surface area contributed by atoms with Gasteiger partial charge in [-0.2, -0.15) is 0 Å². The zero-order valence-electron chi connectivity index (χ0n) is 13.8. The molecule has 7 nitrogen and oxygen atoms in total. The first-order chi connectivity index (χ1) is 11.5. The van der Waals surface area contributed by atoms with Gasteiger partial charge in [0.2, 0.25) is 5.91 Å². The Morgan fingerprint density at radius 1 is 1.25 bits per heavy atom. The van der Waals surface area contributed by atoms with Gasteiger partial charge in [-0.3, -0.25) is 4.79 Å². The van der Waals surface area contributed by atoms with Crippen molar-refractivity contribution in [2.45, 2.75) is 39.2 Å². The number of aromatic nitrogens is 3. The number of carbonyl (C=O) groups is 2. The van der Waals surface area contributed by atoms with Gasteiger partial charge in [0, 0.05) is 6.54 Å². The van der Waals surface area contributed by atoms with Crippen LogP contribution >= 0.6 is 0 Å². The van der Waals surface area contributed by atoms with Crippen LogP contribution in [-0.4, -0.2) is 49.5 Å². The number of rotatable bonds is 4. The predicted octanol–water partition coefficient (Wildman–Crippen LogP) is 1.50. The maximum Gasteiger partial charge on any atom is 0.326 e. The average molecular weight is 328 g/mol. The number of likely N-dealkylation sites (tertiary alicyclic amines) is 1. The largest absolute Gasteiger partial charge is 0.480 e. The number of aliphatic carboxylic acids is 1. The van der Waals surface area contributed by atoms with E-state index in [1.807, 2.05) is 38.1 Å². The Bertz CT molecular complexity index is 767. The number of carboxylic acid groups (broad SMARTS) is 1. The summed E-state index contributed by atoms with van der Waals surface area (Å²) in [7, 11) is 0. The van der Waals surface area contributed by atoms with Gasteiger partial charge >= 0.3 is 5.97 Å². The number of carboxylic acids is 1. The van der Waals surface area contributed by atoms with E-state index in [0.717, 1.165) is 23.4 Å². The van der Waals surface area contributed by atoms with Crippen molar-refractivity contribution in [2.75, 3.05) is 6.54 Å². The zero-order chi connectivity index (χ0) is 17.3. The Balaban J connectivity index is 1.78. The maximum atomic E-state index is 12.5. The lowest BCUT2D eigenvalue weighted by molar-refractivity contribution is -0.148. The van der Waals surface area contributed by atoms with E-state index in [0.29, 0.717) is 18.7 Å². The van der Waals surface area contributed by atoms with E-state index >= 15 is 0 Å². The fourth-order valence-electron chi connectivity index (χ4n) is 3.02. The van der Waals surface area contributed by atoms with E-state index in [-0.39, 0.29) is 12.3 Å². The second-order valence-electron chi connectivity index (χ2n) is 6.13. The molecular formula is C17H20N4O3. The number of aryl methyl sites for hydroxylation is 1. The summed E-state index contributed by atoms with van der Waals surface area (Å²) in [6.07, 6.45) is 1.30. The number of hydrogen-bond acceptors (Lipinski definition) is 4. The highest BCUT2D eigenvalue weighted by atomic mass is 16.4. The molecule has 126 valence electrons. The van der Waals surface area contributed by atoms with Gasteiger partial charge in [-0.25, -0.2) is 9.48 Å². The molecule has 1 aromatic carbocycles. The highest BCUT2D eigenvalue weighted by molar-refractivity contribution is 5.85. The van der Waals surface area contributed by atoms with E-state index in [9.17, 15) is 14.7 Å². The Morgan fingerprint density at radius 3 is 2.62 bits per heavy atom. The summed E-state index contributed by atoms with van der Waals surface area (Å²) < 4.78 is 1.70. The summed E-state index contributed by atoms with van der Waals surface area (Å²) in [5.74, 6) is -1.15. The molecule has 1 fully saturated rings. The van der Waals surface area contributed by atoms with Crippen molar-refractivity contribution in [2.24, 2.45) is 0 Å². The summed E-state index contributed by atoms with van der Waals surface area (Å²) in [6, 6.07) is 7.16. The molecule has 1 aliphatic rings. The maximum absolute atomic E-state index is 12.5. The van der Waals surface area contributed by atoms with E-state index in [1.54, 1.807) is 4.68 Å². The van der Waals surface area contributed by atoms with Gasteiger partial charge in [0.15, 0.2) is 0 Å². The molecule has 1 amide bonds. The fraction of sp³-hybridized carbons (Fsp3) is 0.412. The first kappa shape index (κ1) is 16.2. The number of carbonyl (C=O) groups excluding carboxylic acids is 1. The smallest absolute Gasteiger partial charge is 0.326 e. The summed E-state index contributed by atoms with van der Waals surface area (Å²) in [6.45, 7) is 4.36. The number of hydrogen-bond donors (Lipinski definition) is 1. The van der Waals surface area contributed by atoms with Crippen molar-refractivity contribution < 1.29 is 14.7 Å². The molecule has 3 rings (SSSR count). The Hall–Kier alpha value is -2.70. The minimum Gasteiger partial charge on any atom is -0.480 e. The molecule has 2 heterocycles. The van der Waals surface area contributed by atoms with Crippen molar-refractivity contribution >= 4 is 11.9 Å². The van der Waals surface area contributed by atoms with E-state index in [1.165, 1.54) is 4.90 Å². The Labute approximate surface area is 139 Å². The first-order valence-corrected chi connectivity index (χ1v) is 7.98. The van der Waals surface area contributed by atoms with Crippen LogP contribution in [0.3, 0.4) is 0 Å². The Kier molecular flexibility index (Phi) is 4.33. The SMILES string of the molecule is Cc1ccc(-n2nnc(CC(=O)N3CCCC3C(=O)O)c2C)cc1. The van der Waals surface area contributed by atoms with Crippen molar-refractivity contribution in [3.05, 3.63) is 41.2 Å². The van der Waals surface area contributed by atoms with Gasteiger partial charge < -0.3 is 10.0 Å². The van der Waals surface area contributed by atoms with Gasteiger partial charge in [-0.15, -0.1) is 5.10 Å². The van der Waals surface area contributed by atoms with Crippen LogP contribution in [-0.2, 0) is 16.0 Å². The lowest BCUT2D eigenvalue weighted by Gasteiger charge is -2.20. The molecule has 0 aliphatic carbocycles. The molecular weight excluding hydrogens is 308 g/mol. The topological polar surface area (TPSA) is 88.3 Å². The molecule has 24 heavy (non-hydrogen) atoms. The lowest BCUT2D eigenvalue weighted by Crippen LogP contribution is -2.41. The van der Waals surface area contributed by atoms with Crippen molar-refractivity contribution in [3.63, 3.8) is 0 Å². The monoisotopic (exact) mass is 328 g/mol. The van der Waals surface area contributed by atoms with Crippen LogP contribution in [0.4, 0.5) is 0 Å². The lowest BCUT2D eigenvalue weighted by atomic mass is 10.2. The molecule has 1 N–H and O–H groups in total. The summed E-state index contributed by atoms with van der Waals surface area (Å²) in [5, 5.41) is 17.4. The molecule has 7 heteroatoms. The fourth-order valence-corrected chi connectivity index (χ4v) is 3.02. The molecule has 1 aliphatic heterocycles. The van der Waals surface area contributed by atoms with Gasteiger partial charge in [0.25, 0.3) is 0 Å². The molecule has 0 spiro atoms. The molecule has 1 saturated heterocycles. The Morgan fingerprint density at radius 2 is 1.96 bits per heavy atom. The minimum absolute atomic E-state index is 0.0709. The number of amides is 1. The third kappa shape index (κ3) is 3.02. The number of nitrogens with zero attached hydrogens (tertiary/aromatic N) is 4. The average Bonchev–Trinajstić information content (AvgIpc) is 3.16. The van der Waals surface area contributed by atoms with Gasteiger partial charge in [0.1, 0.15) is 6.04 Å². The zero-order valence-corrected chi connectivity index (χ0v) is 13.8. The second kappa shape index (κ2) is 6.43. The minimum atomic E-state index is -0.944. The summed E-state index contributed by atoms with van der Waals surface area (Å²) in [5.41, 5.74) is 3.41. The standard InChI is InChI=1S/C17H20N4O3/c1-11-5-7-13(8-6-11)21-12(2)14(18-19-21)10-16(22)20-9-3-4-15(20)17(23)24/h5-8,15H,3-4,9-10H2,1-2H3,(H,23,24). The van der Waals surface area contributed by atoms with Gasteiger partial charge in [-0.05, 0) is 38.8 Å². The molecule has 0 radical (unpaired) electrons. The van der Waals surface area contributed by atoms with Crippen LogP contribution < -0.4 is 0 Å².